The molecule has 3 nitrogen and oxygen atoms in total. The van der Waals surface area contributed by atoms with E-state index >= 15 is 0 Å². The van der Waals surface area contributed by atoms with E-state index in [-0.39, 0.29) is 0 Å². The monoisotopic (exact) mass is 652 g/mol. The third kappa shape index (κ3) is 33.5. The molecule has 1 atom stereocenters. The van der Waals surface area contributed by atoms with Crippen LogP contribution in [0.15, 0.2) is 146 Å². The van der Waals surface area contributed by atoms with Crippen molar-refractivity contribution in [3.8, 4) is 0 Å². The quantitative estimate of drug-likeness (QED) is 0.0363. The molecular formula is C45H64O3. The summed E-state index contributed by atoms with van der Waals surface area (Å²) in [5.41, 5.74) is 0. The lowest BCUT2D eigenvalue weighted by Crippen LogP contribution is -2.25. The SMILES string of the molecule is CCCCCCCCCC=CC=CC=CC=CC=CC=CC(=O)C(=O)C(O)C=CC=CC=CC=CC=CC=CCCCCCCCCC. The molecule has 1 N–H and O–H groups in total. The van der Waals surface area contributed by atoms with Gasteiger partial charge in [0.2, 0.25) is 11.6 Å². The maximum Gasteiger partial charge on any atom is 0.234 e. The molecule has 0 bridgehead atoms. The van der Waals surface area contributed by atoms with Crippen LogP contribution in [-0.2, 0) is 9.59 Å². The van der Waals surface area contributed by atoms with Gasteiger partial charge in [-0.1, -0.05) is 225 Å². The first kappa shape index (κ1) is 44.2. The summed E-state index contributed by atoms with van der Waals surface area (Å²) in [4.78, 5) is 24.1. The maximum absolute atomic E-state index is 12.1. The average molecular weight is 653 g/mol. The Morgan fingerprint density at radius 3 is 1.12 bits per heavy atom. The molecule has 0 amide bonds. The number of ketones is 2. The van der Waals surface area contributed by atoms with Gasteiger partial charge in [-0.3, -0.25) is 9.59 Å². The Kier molecular flexibility index (Phi) is 34.6. The highest BCUT2D eigenvalue weighted by atomic mass is 16.3. The molecule has 0 saturated carbocycles. The molecule has 0 aromatic rings. The van der Waals surface area contributed by atoms with Crippen molar-refractivity contribution < 1.29 is 14.7 Å². The topological polar surface area (TPSA) is 54.4 Å². The van der Waals surface area contributed by atoms with Gasteiger partial charge < -0.3 is 5.11 Å². The molecule has 0 aromatic carbocycles. The molecule has 0 aliphatic rings. The second-order valence-electron chi connectivity index (χ2n) is 11.7. The summed E-state index contributed by atoms with van der Waals surface area (Å²) in [6.07, 6.45) is 63.7. The van der Waals surface area contributed by atoms with Crippen molar-refractivity contribution in [3.05, 3.63) is 146 Å². The van der Waals surface area contributed by atoms with Gasteiger partial charge in [0, 0.05) is 0 Å². The first-order valence-electron chi connectivity index (χ1n) is 18.4. The number of carbonyl (C=O) groups excluding carboxylic acids is 2. The van der Waals surface area contributed by atoms with Gasteiger partial charge in [0.1, 0.15) is 6.10 Å². The van der Waals surface area contributed by atoms with E-state index in [0.717, 1.165) is 18.9 Å². The molecule has 3 heteroatoms. The lowest BCUT2D eigenvalue weighted by molar-refractivity contribution is -0.137. The molecule has 0 radical (unpaired) electrons. The summed E-state index contributed by atoms with van der Waals surface area (Å²) in [7, 11) is 0. The van der Waals surface area contributed by atoms with Gasteiger partial charge >= 0.3 is 0 Å². The smallest absolute Gasteiger partial charge is 0.234 e. The minimum Gasteiger partial charge on any atom is -0.381 e. The van der Waals surface area contributed by atoms with Crippen LogP contribution in [-0.4, -0.2) is 22.8 Å². The van der Waals surface area contributed by atoms with Gasteiger partial charge in [-0.05, 0) is 37.8 Å². The van der Waals surface area contributed by atoms with Crippen molar-refractivity contribution in [1.82, 2.24) is 0 Å². The summed E-state index contributed by atoms with van der Waals surface area (Å²) in [5, 5.41) is 9.98. The largest absolute Gasteiger partial charge is 0.381 e. The van der Waals surface area contributed by atoms with Gasteiger partial charge in [-0.15, -0.1) is 0 Å². The van der Waals surface area contributed by atoms with E-state index in [1.807, 2.05) is 72.9 Å². The summed E-state index contributed by atoms with van der Waals surface area (Å²) < 4.78 is 0. The Labute approximate surface area is 294 Å². The molecule has 0 aromatic heterocycles. The van der Waals surface area contributed by atoms with Gasteiger partial charge in [0.05, 0.1) is 0 Å². The Balaban J connectivity index is 4.09. The highest BCUT2D eigenvalue weighted by Crippen LogP contribution is 2.09. The standard InChI is InChI=1S/C45H64O3/c1-3-5-7-9-11-13-15-17-19-21-23-25-27-29-31-33-35-37-39-41-43(46)45(48)44(47)42-40-38-36-34-32-30-28-26-24-22-20-18-16-14-12-10-8-6-4-2/h19-43,46H,3-18H2,1-2H3. The fraction of sp³-hybridized carbons (Fsp3) is 0.422. The number of hydrogen-bond donors (Lipinski definition) is 1. The normalized spacial score (nSPS) is 14.1. The van der Waals surface area contributed by atoms with Crippen LogP contribution < -0.4 is 0 Å². The lowest BCUT2D eigenvalue weighted by atomic mass is 10.1. The molecule has 0 saturated heterocycles. The molecular weight excluding hydrogens is 588 g/mol. The molecule has 0 heterocycles. The van der Waals surface area contributed by atoms with Crippen molar-refractivity contribution in [3.63, 3.8) is 0 Å². The third-order valence-electron chi connectivity index (χ3n) is 7.27. The van der Waals surface area contributed by atoms with Crippen LogP contribution in [0.4, 0.5) is 0 Å². The number of hydrogen-bond acceptors (Lipinski definition) is 3. The summed E-state index contributed by atoms with van der Waals surface area (Å²) in [6, 6.07) is 0. The molecule has 0 fully saturated rings. The van der Waals surface area contributed by atoms with Crippen molar-refractivity contribution in [1.29, 1.82) is 0 Å². The maximum atomic E-state index is 12.1. The summed E-state index contributed by atoms with van der Waals surface area (Å²) >= 11 is 0. The van der Waals surface area contributed by atoms with Crippen molar-refractivity contribution >= 4 is 11.6 Å². The summed E-state index contributed by atoms with van der Waals surface area (Å²) in [5.74, 6) is -1.62. The van der Waals surface area contributed by atoms with E-state index in [2.05, 4.69) is 38.2 Å². The molecule has 0 rings (SSSR count). The number of carbonyl (C=O) groups is 2. The van der Waals surface area contributed by atoms with Crippen molar-refractivity contribution in [2.75, 3.05) is 0 Å². The second-order valence-corrected chi connectivity index (χ2v) is 11.7. The van der Waals surface area contributed by atoms with Crippen LogP contribution in [0.1, 0.15) is 117 Å². The molecule has 0 spiro atoms. The van der Waals surface area contributed by atoms with Crippen LogP contribution in [0.2, 0.25) is 0 Å². The Morgan fingerprint density at radius 2 is 0.729 bits per heavy atom. The van der Waals surface area contributed by atoms with E-state index < -0.39 is 17.7 Å². The zero-order valence-electron chi connectivity index (χ0n) is 30.0. The first-order chi connectivity index (χ1) is 23.6. The number of unbranched alkanes of at least 4 members (excludes halogenated alkanes) is 14. The number of Topliss-reactive ketones (excluding diaryl/α,β-unsaturated/α-hetero) is 1. The van der Waals surface area contributed by atoms with Crippen molar-refractivity contribution in [2.45, 2.75) is 123 Å². The van der Waals surface area contributed by atoms with E-state index in [9.17, 15) is 14.7 Å². The average Bonchev–Trinajstić information content (AvgIpc) is 3.09. The zero-order chi connectivity index (χ0) is 35.0. The Bertz CT molecular complexity index is 1140. The van der Waals surface area contributed by atoms with Crippen LogP contribution >= 0.6 is 0 Å². The molecule has 0 aliphatic heterocycles. The highest BCUT2D eigenvalue weighted by Gasteiger charge is 2.17. The molecule has 262 valence electrons. The van der Waals surface area contributed by atoms with Crippen molar-refractivity contribution in [2.24, 2.45) is 0 Å². The summed E-state index contributed by atoms with van der Waals surface area (Å²) in [6.45, 7) is 4.50. The van der Waals surface area contributed by atoms with Gasteiger partial charge in [0.15, 0.2) is 0 Å². The van der Waals surface area contributed by atoms with Crippen LogP contribution in [0, 0.1) is 0 Å². The zero-order valence-corrected chi connectivity index (χ0v) is 30.0. The van der Waals surface area contributed by atoms with E-state index in [1.54, 1.807) is 30.4 Å². The number of aliphatic hydroxyl groups excluding tert-OH is 1. The van der Waals surface area contributed by atoms with E-state index in [0.29, 0.717) is 0 Å². The first-order valence-corrected chi connectivity index (χ1v) is 18.4. The fourth-order valence-electron chi connectivity index (χ4n) is 4.44. The number of rotatable bonds is 30. The van der Waals surface area contributed by atoms with Crippen LogP contribution in [0.25, 0.3) is 0 Å². The molecule has 1 unspecified atom stereocenters. The van der Waals surface area contributed by atoms with Gasteiger partial charge in [0.25, 0.3) is 0 Å². The predicted molar refractivity (Wildman–Crippen MR) is 211 cm³/mol. The van der Waals surface area contributed by atoms with E-state index in [1.165, 1.54) is 102 Å². The van der Waals surface area contributed by atoms with Gasteiger partial charge in [-0.2, -0.15) is 0 Å². The molecule has 0 aliphatic carbocycles. The molecule has 48 heavy (non-hydrogen) atoms. The fourth-order valence-corrected chi connectivity index (χ4v) is 4.44. The number of aliphatic hydroxyl groups is 1. The van der Waals surface area contributed by atoms with E-state index in [4.69, 9.17) is 0 Å². The highest BCUT2D eigenvalue weighted by molar-refractivity contribution is 6.43. The minimum absolute atomic E-state index is 0.749. The third-order valence-corrected chi connectivity index (χ3v) is 7.27. The van der Waals surface area contributed by atoms with Crippen LogP contribution in [0.3, 0.4) is 0 Å². The van der Waals surface area contributed by atoms with Crippen LogP contribution in [0.5, 0.6) is 0 Å². The number of allylic oxidation sites excluding steroid dienone is 23. The second kappa shape index (κ2) is 37.6. The minimum atomic E-state index is -1.48. The van der Waals surface area contributed by atoms with Gasteiger partial charge in [-0.25, -0.2) is 0 Å². The lowest BCUT2D eigenvalue weighted by Gasteiger charge is -1.99. The Hall–Kier alpha value is -3.82. The predicted octanol–water partition coefficient (Wildman–Crippen LogP) is 12.4. The Morgan fingerprint density at radius 1 is 0.417 bits per heavy atom.